The van der Waals surface area contributed by atoms with Crippen molar-refractivity contribution in [3.63, 3.8) is 0 Å². The van der Waals surface area contributed by atoms with Gasteiger partial charge < -0.3 is 14.6 Å². The van der Waals surface area contributed by atoms with Crippen LogP contribution in [0.2, 0.25) is 0 Å². The van der Waals surface area contributed by atoms with Gasteiger partial charge in [0.2, 0.25) is 0 Å². The highest BCUT2D eigenvalue weighted by molar-refractivity contribution is 7.99. The lowest BCUT2D eigenvalue weighted by molar-refractivity contribution is -0.136. The minimum Gasteiger partial charge on any atom is -0.490 e. The highest BCUT2D eigenvalue weighted by Crippen LogP contribution is 2.26. The second-order valence-electron chi connectivity index (χ2n) is 3.48. The Morgan fingerprint density at radius 3 is 2.50 bits per heavy atom. The van der Waals surface area contributed by atoms with Gasteiger partial charge in [0.1, 0.15) is 0 Å². The summed E-state index contributed by atoms with van der Waals surface area (Å²) >= 11 is 1.57. The Bertz CT molecular complexity index is 368. The molecule has 0 heterocycles. The molecule has 0 amide bonds. The van der Waals surface area contributed by atoms with Crippen LogP contribution in [-0.4, -0.2) is 35.8 Å². The molecule has 0 aliphatic carbocycles. The molecule has 0 radical (unpaired) electrons. The molecule has 0 aromatic heterocycles. The molecule has 5 heteroatoms. The van der Waals surface area contributed by atoms with Crippen LogP contribution in [0.1, 0.15) is 13.3 Å². The quantitative estimate of drug-likeness (QED) is 0.699. The fraction of sp³-hybridized carbons (Fsp3) is 0.462. The van der Waals surface area contributed by atoms with Crippen LogP contribution in [0.25, 0.3) is 0 Å². The molecule has 0 spiro atoms. The Morgan fingerprint density at radius 1 is 1.22 bits per heavy atom. The van der Waals surface area contributed by atoms with Gasteiger partial charge in [0.05, 0.1) is 19.6 Å². The van der Waals surface area contributed by atoms with Crippen molar-refractivity contribution in [1.82, 2.24) is 0 Å². The van der Waals surface area contributed by atoms with Crippen molar-refractivity contribution >= 4 is 17.7 Å². The third-order valence-corrected chi connectivity index (χ3v) is 3.04. The van der Waals surface area contributed by atoms with Crippen molar-refractivity contribution in [3.05, 3.63) is 24.3 Å². The molecule has 4 nitrogen and oxygen atoms in total. The maximum Gasteiger partial charge on any atom is 0.304 e. The zero-order valence-corrected chi connectivity index (χ0v) is 11.2. The second kappa shape index (κ2) is 8.69. The Labute approximate surface area is 111 Å². The average Bonchev–Trinajstić information content (AvgIpc) is 2.35. The van der Waals surface area contributed by atoms with E-state index >= 15 is 0 Å². The number of carboxylic acid groups (broad SMARTS) is 1. The molecule has 1 N–H and O–H groups in total. The van der Waals surface area contributed by atoms with Crippen molar-refractivity contribution in [2.24, 2.45) is 0 Å². The first-order valence-corrected chi connectivity index (χ1v) is 7.03. The van der Waals surface area contributed by atoms with Crippen LogP contribution in [0.15, 0.2) is 24.3 Å². The Morgan fingerprint density at radius 2 is 1.89 bits per heavy atom. The number of carbonyl (C=O) groups is 1. The predicted octanol–water partition coefficient (Wildman–Crippen LogP) is 2.67. The number of hydrogen-bond acceptors (Lipinski definition) is 4. The van der Waals surface area contributed by atoms with E-state index in [1.54, 1.807) is 11.8 Å². The summed E-state index contributed by atoms with van der Waals surface area (Å²) in [7, 11) is 0. The number of benzene rings is 1. The molecule has 0 saturated carbocycles. The Balaban J connectivity index is 2.24. The monoisotopic (exact) mass is 270 g/mol. The largest absolute Gasteiger partial charge is 0.490 e. The molecule has 1 aromatic rings. The first-order chi connectivity index (χ1) is 8.74. The molecular weight excluding hydrogens is 252 g/mol. The number of ether oxygens (including phenoxy) is 2. The van der Waals surface area contributed by atoms with Crippen LogP contribution < -0.4 is 9.47 Å². The molecule has 0 fully saturated rings. The van der Waals surface area contributed by atoms with Gasteiger partial charge in [0, 0.05) is 11.5 Å². The highest BCUT2D eigenvalue weighted by atomic mass is 32.2. The normalized spacial score (nSPS) is 10.1. The van der Waals surface area contributed by atoms with Gasteiger partial charge in [-0.3, -0.25) is 4.79 Å². The van der Waals surface area contributed by atoms with E-state index in [4.69, 9.17) is 14.6 Å². The Kier molecular flexibility index (Phi) is 7.10. The third kappa shape index (κ3) is 5.82. The zero-order valence-electron chi connectivity index (χ0n) is 10.4. The van der Waals surface area contributed by atoms with Gasteiger partial charge in [0.25, 0.3) is 0 Å². The van der Waals surface area contributed by atoms with Crippen molar-refractivity contribution in [2.75, 3.05) is 24.7 Å². The summed E-state index contributed by atoms with van der Waals surface area (Å²) in [4.78, 5) is 10.3. The fourth-order valence-electron chi connectivity index (χ4n) is 1.32. The minimum atomic E-state index is -0.759. The van der Waals surface area contributed by atoms with Crippen molar-refractivity contribution < 1.29 is 19.4 Å². The lowest BCUT2D eigenvalue weighted by Gasteiger charge is -2.11. The minimum absolute atomic E-state index is 0.195. The summed E-state index contributed by atoms with van der Waals surface area (Å²) < 4.78 is 11.0. The van der Waals surface area contributed by atoms with Crippen LogP contribution in [-0.2, 0) is 4.79 Å². The van der Waals surface area contributed by atoms with Gasteiger partial charge in [-0.05, 0) is 19.1 Å². The van der Waals surface area contributed by atoms with Crippen LogP contribution >= 0.6 is 11.8 Å². The smallest absolute Gasteiger partial charge is 0.304 e. The molecule has 0 atom stereocenters. The first kappa shape index (κ1) is 14.7. The van der Waals surface area contributed by atoms with E-state index in [0.29, 0.717) is 19.0 Å². The first-order valence-electron chi connectivity index (χ1n) is 5.88. The molecule has 0 aliphatic heterocycles. The topological polar surface area (TPSA) is 55.8 Å². The molecule has 0 unspecified atom stereocenters. The number of aliphatic carboxylic acids is 1. The summed E-state index contributed by atoms with van der Waals surface area (Å²) in [6.45, 7) is 3.08. The fourth-order valence-corrected chi connectivity index (χ4v) is 2.04. The number of rotatable bonds is 9. The van der Waals surface area contributed by atoms with Gasteiger partial charge in [-0.1, -0.05) is 12.1 Å². The van der Waals surface area contributed by atoms with E-state index in [9.17, 15) is 4.79 Å². The van der Waals surface area contributed by atoms with Gasteiger partial charge in [-0.25, -0.2) is 0 Å². The van der Waals surface area contributed by atoms with Crippen molar-refractivity contribution in [1.29, 1.82) is 0 Å². The van der Waals surface area contributed by atoms with E-state index in [2.05, 4.69) is 0 Å². The van der Waals surface area contributed by atoms with E-state index in [1.165, 1.54) is 0 Å². The van der Waals surface area contributed by atoms with Gasteiger partial charge in [0.15, 0.2) is 11.5 Å². The summed E-state index contributed by atoms with van der Waals surface area (Å²) in [5.74, 6) is 2.11. The van der Waals surface area contributed by atoms with Crippen LogP contribution in [0.4, 0.5) is 0 Å². The van der Waals surface area contributed by atoms with Gasteiger partial charge in [-0.15, -0.1) is 0 Å². The SMILES string of the molecule is CCOc1ccccc1OCCSCCC(=O)O. The van der Waals surface area contributed by atoms with Gasteiger partial charge >= 0.3 is 5.97 Å². The molecule has 100 valence electrons. The second-order valence-corrected chi connectivity index (χ2v) is 4.71. The molecule has 1 rings (SSSR count). The van der Waals surface area contributed by atoms with E-state index in [-0.39, 0.29) is 6.42 Å². The van der Waals surface area contributed by atoms with Gasteiger partial charge in [-0.2, -0.15) is 11.8 Å². The number of hydrogen-bond donors (Lipinski definition) is 1. The van der Waals surface area contributed by atoms with Crippen LogP contribution in [0.5, 0.6) is 11.5 Å². The van der Waals surface area contributed by atoms with Crippen LogP contribution in [0, 0.1) is 0 Å². The van der Waals surface area contributed by atoms with E-state index in [0.717, 1.165) is 17.3 Å². The number of thioether (sulfide) groups is 1. The summed E-state index contributed by atoms with van der Waals surface area (Å²) in [5.41, 5.74) is 0. The molecular formula is C13H18O4S. The summed E-state index contributed by atoms with van der Waals surface area (Å²) in [5, 5.41) is 8.48. The molecule has 0 aliphatic rings. The van der Waals surface area contributed by atoms with Crippen LogP contribution in [0.3, 0.4) is 0 Å². The molecule has 0 bridgehead atoms. The lowest BCUT2D eigenvalue weighted by atomic mass is 10.3. The van der Waals surface area contributed by atoms with Crippen molar-refractivity contribution in [3.8, 4) is 11.5 Å². The maximum absolute atomic E-state index is 10.3. The summed E-state index contributed by atoms with van der Waals surface area (Å²) in [6.07, 6.45) is 0.195. The summed E-state index contributed by atoms with van der Waals surface area (Å²) in [6, 6.07) is 7.54. The Hall–Kier alpha value is -1.36. The molecule has 18 heavy (non-hydrogen) atoms. The zero-order chi connectivity index (χ0) is 13.2. The maximum atomic E-state index is 10.3. The number of carboxylic acids is 1. The van der Waals surface area contributed by atoms with E-state index in [1.807, 2.05) is 31.2 Å². The third-order valence-electron chi connectivity index (χ3n) is 2.09. The average molecular weight is 270 g/mol. The standard InChI is InChI=1S/C13H18O4S/c1-2-16-11-5-3-4-6-12(11)17-8-10-18-9-7-13(14)15/h3-6H,2,7-10H2,1H3,(H,14,15). The predicted molar refractivity (Wildman–Crippen MR) is 72.7 cm³/mol. The van der Waals surface area contributed by atoms with E-state index < -0.39 is 5.97 Å². The lowest BCUT2D eigenvalue weighted by Crippen LogP contribution is -2.04. The number of para-hydroxylation sites is 2. The molecule has 1 aromatic carbocycles. The highest BCUT2D eigenvalue weighted by Gasteiger charge is 2.03. The van der Waals surface area contributed by atoms with Crippen molar-refractivity contribution in [2.45, 2.75) is 13.3 Å². The molecule has 0 saturated heterocycles.